The molecule has 1 aromatic carbocycles. The summed E-state index contributed by atoms with van der Waals surface area (Å²) >= 11 is 0. The number of carbonyl (C=O) groups is 2. The van der Waals surface area contributed by atoms with Crippen LogP contribution in [-0.4, -0.2) is 48.6 Å². The molecule has 2 amide bonds. The molecule has 2 atom stereocenters. The first-order valence-corrected chi connectivity index (χ1v) is 7.97. The number of piperidine rings is 1. The van der Waals surface area contributed by atoms with Crippen LogP contribution in [0.3, 0.4) is 0 Å². The predicted molar refractivity (Wildman–Crippen MR) is 85.1 cm³/mol. The number of carbonyl (C=O) groups excluding carboxylic acids is 2. The second kappa shape index (κ2) is 7.76. The molecular weight excluding hydrogens is 337 g/mol. The Labute approximate surface area is 144 Å². The summed E-state index contributed by atoms with van der Waals surface area (Å²) in [5.74, 6) is -0.325. The number of hydrogen-bond donors (Lipinski definition) is 1. The van der Waals surface area contributed by atoms with E-state index in [0.29, 0.717) is 11.3 Å². The maximum atomic E-state index is 13.3. The van der Waals surface area contributed by atoms with Gasteiger partial charge in [-0.1, -0.05) is 12.1 Å². The van der Waals surface area contributed by atoms with Crippen molar-refractivity contribution in [1.82, 2.24) is 10.2 Å². The van der Waals surface area contributed by atoms with E-state index in [1.165, 1.54) is 14.0 Å². The zero-order valence-corrected chi connectivity index (χ0v) is 14.1. The van der Waals surface area contributed by atoms with Gasteiger partial charge in [0.25, 0.3) is 0 Å². The van der Waals surface area contributed by atoms with Gasteiger partial charge in [-0.2, -0.15) is 13.2 Å². The van der Waals surface area contributed by atoms with Crippen LogP contribution in [0.4, 0.5) is 13.2 Å². The number of hydrogen-bond acceptors (Lipinski definition) is 3. The molecule has 0 aliphatic carbocycles. The number of alkyl halides is 3. The number of rotatable bonds is 4. The minimum absolute atomic E-state index is 0.136. The van der Waals surface area contributed by atoms with Crippen molar-refractivity contribution in [2.45, 2.75) is 44.4 Å². The van der Waals surface area contributed by atoms with E-state index in [9.17, 15) is 22.8 Å². The first-order valence-electron chi connectivity index (χ1n) is 7.97. The average Bonchev–Trinajstić information content (AvgIpc) is 2.54. The highest BCUT2D eigenvalue weighted by molar-refractivity contribution is 5.79. The molecule has 5 nitrogen and oxygen atoms in total. The van der Waals surface area contributed by atoms with Crippen LogP contribution in [-0.2, 0) is 16.0 Å². The van der Waals surface area contributed by atoms with Gasteiger partial charge in [0.2, 0.25) is 11.8 Å². The number of nitrogens with one attached hydrogen (secondary N) is 1. The summed E-state index contributed by atoms with van der Waals surface area (Å²) in [6.07, 6.45) is -4.65. The Morgan fingerprint density at radius 1 is 1.24 bits per heavy atom. The lowest BCUT2D eigenvalue weighted by molar-refractivity contribution is -0.197. The third-order valence-corrected chi connectivity index (χ3v) is 4.20. The molecule has 0 aromatic heterocycles. The lowest BCUT2D eigenvalue weighted by atomic mass is 9.96. The molecular formula is C17H21F3N2O3. The molecule has 25 heavy (non-hydrogen) atoms. The fraction of sp³-hybridized carbons (Fsp3) is 0.529. The number of halogens is 3. The summed E-state index contributed by atoms with van der Waals surface area (Å²) in [5, 5.41) is 2.60. The van der Waals surface area contributed by atoms with Gasteiger partial charge in [0.1, 0.15) is 11.8 Å². The molecule has 1 saturated heterocycles. The SMILES string of the molecule is COc1ccc(CC(=O)N2C[C@H](NC(C)=O)CC[C@H]2C(F)(F)F)cc1. The van der Waals surface area contributed by atoms with Crippen LogP contribution in [0.1, 0.15) is 25.3 Å². The Hall–Kier alpha value is -2.25. The van der Waals surface area contributed by atoms with Gasteiger partial charge in [0, 0.05) is 19.5 Å². The summed E-state index contributed by atoms with van der Waals surface area (Å²) < 4.78 is 44.9. The zero-order chi connectivity index (χ0) is 18.6. The van der Waals surface area contributed by atoms with Gasteiger partial charge in [0.15, 0.2) is 0 Å². The van der Waals surface area contributed by atoms with E-state index in [2.05, 4.69) is 5.32 Å². The number of benzene rings is 1. The highest BCUT2D eigenvalue weighted by Crippen LogP contribution is 2.32. The lowest BCUT2D eigenvalue weighted by Gasteiger charge is -2.40. The van der Waals surface area contributed by atoms with Crippen LogP contribution >= 0.6 is 0 Å². The fourth-order valence-electron chi connectivity index (χ4n) is 3.01. The second-order valence-corrected chi connectivity index (χ2v) is 6.10. The Morgan fingerprint density at radius 2 is 1.88 bits per heavy atom. The van der Waals surface area contributed by atoms with E-state index in [4.69, 9.17) is 4.74 Å². The molecule has 0 unspecified atom stereocenters. The van der Waals surface area contributed by atoms with Crippen molar-refractivity contribution in [3.63, 3.8) is 0 Å². The van der Waals surface area contributed by atoms with Crippen molar-refractivity contribution in [2.24, 2.45) is 0 Å². The molecule has 0 spiro atoms. The van der Waals surface area contributed by atoms with Crippen molar-refractivity contribution in [3.8, 4) is 5.75 Å². The molecule has 0 bridgehead atoms. The minimum Gasteiger partial charge on any atom is -0.497 e. The third kappa shape index (κ3) is 5.11. The molecule has 0 radical (unpaired) electrons. The molecule has 2 rings (SSSR count). The van der Waals surface area contributed by atoms with Crippen molar-refractivity contribution in [2.75, 3.05) is 13.7 Å². The average molecular weight is 358 g/mol. The molecule has 0 saturated carbocycles. The van der Waals surface area contributed by atoms with E-state index in [-0.39, 0.29) is 31.7 Å². The van der Waals surface area contributed by atoms with E-state index in [1.807, 2.05) is 0 Å². The normalized spacial score (nSPS) is 20.9. The van der Waals surface area contributed by atoms with Crippen LogP contribution in [0.2, 0.25) is 0 Å². The van der Waals surface area contributed by atoms with Gasteiger partial charge in [-0.25, -0.2) is 0 Å². The van der Waals surface area contributed by atoms with Gasteiger partial charge >= 0.3 is 6.18 Å². The maximum absolute atomic E-state index is 13.3. The molecule has 1 aromatic rings. The number of nitrogens with zero attached hydrogens (tertiary/aromatic N) is 1. The van der Waals surface area contributed by atoms with Crippen molar-refractivity contribution >= 4 is 11.8 Å². The standard InChI is InChI=1S/C17H21F3N2O3/c1-11(23)21-13-5-8-15(17(18,19)20)22(10-13)16(24)9-12-3-6-14(25-2)7-4-12/h3-4,6-7,13,15H,5,8-10H2,1-2H3,(H,21,23)/t13-,15+/m1/s1. The number of likely N-dealkylation sites (tertiary alicyclic amines) is 1. The fourth-order valence-corrected chi connectivity index (χ4v) is 3.01. The molecule has 1 aliphatic rings. The van der Waals surface area contributed by atoms with Gasteiger partial charge in [-0.15, -0.1) is 0 Å². The van der Waals surface area contributed by atoms with E-state index >= 15 is 0 Å². The van der Waals surface area contributed by atoms with Crippen LogP contribution in [0.5, 0.6) is 5.75 Å². The van der Waals surface area contributed by atoms with Crippen molar-refractivity contribution < 1.29 is 27.5 Å². The quantitative estimate of drug-likeness (QED) is 0.899. The zero-order valence-electron chi connectivity index (χ0n) is 14.1. The first-order chi connectivity index (χ1) is 11.7. The van der Waals surface area contributed by atoms with Gasteiger partial charge < -0.3 is 15.0 Å². The van der Waals surface area contributed by atoms with Crippen LogP contribution in [0, 0.1) is 0 Å². The third-order valence-electron chi connectivity index (χ3n) is 4.20. The summed E-state index contributed by atoms with van der Waals surface area (Å²) in [6.45, 7) is 1.16. The van der Waals surface area contributed by atoms with Gasteiger partial charge in [-0.3, -0.25) is 9.59 Å². The second-order valence-electron chi connectivity index (χ2n) is 6.10. The van der Waals surface area contributed by atoms with Gasteiger partial charge in [-0.05, 0) is 30.5 Å². The molecule has 1 aliphatic heterocycles. The Balaban J connectivity index is 2.13. The molecule has 138 valence electrons. The van der Waals surface area contributed by atoms with E-state index in [0.717, 1.165) is 4.90 Å². The number of ether oxygens (including phenoxy) is 1. The molecule has 1 fully saturated rings. The Morgan fingerprint density at radius 3 is 2.40 bits per heavy atom. The monoisotopic (exact) mass is 358 g/mol. The summed E-state index contributed by atoms with van der Waals surface area (Å²) in [7, 11) is 1.50. The highest BCUT2D eigenvalue weighted by atomic mass is 19.4. The highest BCUT2D eigenvalue weighted by Gasteiger charge is 2.47. The number of methoxy groups -OCH3 is 1. The molecule has 1 heterocycles. The van der Waals surface area contributed by atoms with Crippen LogP contribution in [0.25, 0.3) is 0 Å². The number of amides is 2. The summed E-state index contributed by atoms with van der Waals surface area (Å²) in [5.41, 5.74) is 0.605. The maximum Gasteiger partial charge on any atom is 0.408 e. The van der Waals surface area contributed by atoms with E-state index < -0.39 is 24.2 Å². The molecule has 1 N–H and O–H groups in total. The first kappa shape index (κ1) is 19.1. The van der Waals surface area contributed by atoms with Crippen molar-refractivity contribution in [1.29, 1.82) is 0 Å². The Bertz CT molecular complexity index is 617. The summed E-state index contributed by atoms with van der Waals surface area (Å²) in [4.78, 5) is 24.5. The smallest absolute Gasteiger partial charge is 0.408 e. The largest absolute Gasteiger partial charge is 0.497 e. The predicted octanol–water partition coefficient (Wildman–Crippen LogP) is 2.30. The van der Waals surface area contributed by atoms with Crippen LogP contribution in [0.15, 0.2) is 24.3 Å². The van der Waals surface area contributed by atoms with Crippen molar-refractivity contribution in [3.05, 3.63) is 29.8 Å². The lowest BCUT2D eigenvalue weighted by Crippen LogP contribution is -2.58. The van der Waals surface area contributed by atoms with Gasteiger partial charge in [0.05, 0.1) is 13.5 Å². The van der Waals surface area contributed by atoms with E-state index in [1.54, 1.807) is 24.3 Å². The Kier molecular flexibility index (Phi) is 5.92. The summed E-state index contributed by atoms with van der Waals surface area (Å²) in [6, 6.07) is 4.32. The molecule has 8 heteroatoms. The minimum atomic E-state index is -4.49. The van der Waals surface area contributed by atoms with Crippen LogP contribution < -0.4 is 10.1 Å². The topological polar surface area (TPSA) is 58.6 Å².